The highest BCUT2D eigenvalue weighted by molar-refractivity contribution is 5.97. The minimum absolute atomic E-state index is 0.208. The van der Waals surface area contributed by atoms with E-state index in [4.69, 9.17) is 0 Å². The maximum atomic E-state index is 15.5. The average Bonchev–Trinajstić information content (AvgIpc) is 4.21. The van der Waals surface area contributed by atoms with Gasteiger partial charge in [-0.25, -0.2) is 38.4 Å². The minimum atomic E-state index is -1.39. The van der Waals surface area contributed by atoms with Crippen molar-refractivity contribution in [2.75, 3.05) is 40.0 Å². The molecule has 0 saturated carbocycles. The van der Waals surface area contributed by atoms with Crippen LogP contribution in [0.2, 0.25) is 0 Å². The highest BCUT2D eigenvalue weighted by atomic mass is 16.2. The Bertz CT molecular complexity index is 3270. The van der Waals surface area contributed by atoms with Crippen LogP contribution in [0, 0.1) is 27.7 Å². The van der Waals surface area contributed by atoms with Crippen LogP contribution in [0.4, 0.5) is 38.4 Å². The summed E-state index contributed by atoms with van der Waals surface area (Å²) in [5.74, 6) is 0. The molecular weight excluding hydrogens is 1000 g/mol. The van der Waals surface area contributed by atoms with Gasteiger partial charge in [0, 0.05) is 0 Å². The lowest BCUT2D eigenvalue weighted by molar-refractivity contribution is -0.0870. The fourth-order valence-electron chi connectivity index (χ4n) is 17.3. The predicted octanol–water partition coefficient (Wildman–Crippen LogP) is 4.81. The topological polar surface area (TPSA) is 188 Å². The smallest absolute Gasteiger partial charge is 0.293 e. The molecule has 0 bridgehead atoms. The van der Waals surface area contributed by atoms with Crippen molar-refractivity contribution in [3.63, 3.8) is 0 Å². The van der Waals surface area contributed by atoms with Crippen molar-refractivity contribution in [3.05, 3.63) is 93.0 Å². The monoisotopic (exact) mass is 1060 g/mol. The van der Waals surface area contributed by atoms with E-state index in [-0.39, 0.29) is 90.3 Å². The van der Waals surface area contributed by atoms with Crippen LogP contribution in [0.3, 0.4) is 0 Å². The number of urea groups is 8. The first-order valence-electron chi connectivity index (χ1n) is 26.9. The summed E-state index contributed by atoms with van der Waals surface area (Å²) in [7, 11) is 0. The quantitative estimate of drug-likeness (QED) is 0.240. The standard InChI is InChI=1S/C54H56N16O8/c1-27-31-13-9-10-14-32(31)28(2)36-18-64-48(76)68-24-60-41-39-55(43(71)59(41)23-67-47(75)63(17-35(27)36)51(64,5)53(67,68)7)21-57-40-42-61(45(57)73)25-69-49(77)65-19-37-29(3)33-15-11-12-16-34(33)30(4)38(37)20-66-50(78)70(54(69,8)52(65,66)6)26-62(42)46(74)58(40)22-56(39)44(60)72/h9-16,39-42H,17-26H2,1-8H3. The molecule has 4 aromatic carbocycles. The van der Waals surface area contributed by atoms with Crippen molar-refractivity contribution in [1.29, 1.82) is 0 Å². The van der Waals surface area contributed by atoms with Crippen LogP contribution < -0.4 is 0 Å². The van der Waals surface area contributed by atoms with E-state index in [1.165, 1.54) is 39.2 Å². The fourth-order valence-corrected chi connectivity index (χ4v) is 17.3. The molecular formula is C54H56N16O8. The predicted molar refractivity (Wildman–Crippen MR) is 272 cm³/mol. The van der Waals surface area contributed by atoms with Crippen molar-refractivity contribution in [1.82, 2.24) is 78.4 Å². The molecule has 4 aromatic rings. The zero-order chi connectivity index (χ0) is 53.8. The molecule has 400 valence electrons. The second-order valence-corrected chi connectivity index (χ2v) is 24.2. The molecule has 0 unspecified atom stereocenters. The van der Waals surface area contributed by atoms with Gasteiger partial charge in [0.05, 0.1) is 26.2 Å². The Labute approximate surface area is 447 Å². The van der Waals surface area contributed by atoms with Crippen LogP contribution in [0.1, 0.15) is 72.2 Å². The first-order chi connectivity index (χ1) is 37.2. The molecule has 11 saturated heterocycles. The molecule has 0 spiro atoms. The van der Waals surface area contributed by atoms with Gasteiger partial charge in [0.1, 0.15) is 40.0 Å². The summed E-state index contributed by atoms with van der Waals surface area (Å²) in [5.41, 5.74) is 2.66. The highest BCUT2D eigenvalue weighted by Gasteiger charge is 2.80. The van der Waals surface area contributed by atoms with E-state index in [1.54, 1.807) is 39.2 Å². The van der Waals surface area contributed by atoms with Gasteiger partial charge >= 0.3 is 48.2 Å². The van der Waals surface area contributed by atoms with E-state index in [0.29, 0.717) is 0 Å². The summed E-state index contributed by atoms with van der Waals surface area (Å²) in [6.07, 6.45) is -4.21. The van der Waals surface area contributed by atoms with Gasteiger partial charge in [-0.1, -0.05) is 48.5 Å². The van der Waals surface area contributed by atoms with Crippen molar-refractivity contribution in [2.45, 2.75) is 129 Å². The average molecular weight is 1060 g/mol. The zero-order valence-electron chi connectivity index (χ0n) is 44.4. The van der Waals surface area contributed by atoms with Crippen LogP contribution in [0.25, 0.3) is 21.5 Å². The van der Waals surface area contributed by atoms with Crippen LogP contribution in [-0.4, -0.2) is 214 Å². The Morgan fingerprint density at radius 3 is 0.705 bits per heavy atom. The van der Waals surface area contributed by atoms with Gasteiger partial charge in [0.25, 0.3) is 0 Å². The summed E-state index contributed by atoms with van der Waals surface area (Å²) < 4.78 is 0. The number of carbonyl (C=O) groups is 8. The molecule has 13 heterocycles. The van der Waals surface area contributed by atoms with E-state index in [2.05, 4.69) is 52.0 Å². The van der Waals surface area contributed by atoms with E-state index in [9.17, 15) is 0 Å². The molecule has 0 atom stereocenters. The number of hydrogen-bond acceptors (Lipinski definition) is 8. The van der Waals surface area contributed by atoms with Crippen LogP contribution >= 0.6 is 0 Å². The van der Waals surface area contributed by atoms with Gasteiger partial charge in [-0.2, -0.15) is 0 Å². The number of hydrogen-bond donors (Lipinski definition) is 0. The Morgan fingerprint density at radius 2 is 0.487 bits per heavy atom. The number of nitrogens with zero attached hydrogens (tertiary/aromatic N) is 16. The van der Waals surface area contributed by atoms with Crippen molar-refractivity contribution in [2.24, 2.45) is 0 Å². The SMILES string of the molecule is Cc1c2c(c(C)c3ccccc13)CN1C(=O)N3CN4C(=O)N5CN6C(=O)N7CN8C(=O)N9Cc%10c(c(C)c%11ccccc%11c%10C)CN%10C(=O)N(CN%11C(=O)N(CN%12C(=O)N(CN%13C(=O)N(C2)C1(C)C%133C)C4C%125)C6C%117)C8(C)C%109C. The lowest BCUT2D eigenvalue weighted by Gasteiger charge is -2.49. The van der Waals surface area contributed by atoms with E-state index in [1.807, 2.05) is 52.0 Å². The van der Waals surface area contributed by atoms with Gasteiger partial charge in [0.2, 0.25) is 0 Å². The van der Waals surface area contributed by atoms with E-state index >= 15 is 38.4 Å². The molecule has 13 aliphatic heterocycles. The highest BCUT2D eigenvalue weighted by Crippen LogP contribution is 2.59. The summed E-state index contributed by atoms with van der Waals surface area (Å²) in [5, 5.41) is 4.27. The van der Waals surface area contributed by atoms with Gasteiger partial charge in [0.15, 0.2) is 47.3 Å². The molecule has 24 heteroatoms. The lowest BCUT2D eigenvalue weighted by atomic mass is 9.90. The second-order valence-electron chi connectivity index (χ2n) is 24.2. The number of carbonyl (C=O) groups excluding carboxylic acids is 8. The van der Waals surface area contributed by atoms with Crippen LogP contribution in [0.15, 0.2) is 48.5 Å². The normalized spacial score (nSPS) is 33.6. The zero-order valence-corrected chi connectivity index (χ0v) is 44.4. The van der Waals surface area contributed by atoms with Gasteiger partial charge in [-0.15, -0.1) is 0 Å². The largest absolute Gasteiger partial charge is 0.326 e. The number of fused-ring (bicyclic) bond motifs is 4. The Balaban J connectivity index is 0.745. The lowest BCUT2D eigenvalue weighted by Crippen LogP contribution is -2.69. The third-order valence-electron chi connectivity index (χ3n) is 22.0. The molecule has 0 aromatic heterocycles. The molecule has 11 fully saturated rings. The summed E-state index contributed by atoms with van der Waals surface area (Å²) in [4.78, 5) is 149. The van der Waals surface area contributed by atoms with E-state index in [0.717, 1.165) is 66.1 Å². The summed E-state index contributed by atoms with van der Waals surface area (Å²) in [6.45, 7) is 14.7. The van der Waals surface area contributed by atoms with Gasteiger partial charge in [-0.3, -0.25) is 78.4 Å². The number of rotatable bonds is 0. The third-order valence-corrected chi connectivity index (χ3v) is 22.0. The van der Waals surface area contributed by atoms with Crippen molar-refractivity contribution < 1.29 is 38.4 Å². The molecule has 16 amide bonds. The van der Waals surface area contributed by atoms with Crippen molar-refractivity contribution >= 4 is 69.8 Å². The molecule has 0 N–H and O–H groups in total. The number of aryl methyl sites for hydroxylation is 4. The Kier molecular flexibility index (Phi) is 7.60. The maximum Gasteiger partial charge on any atom is 0.326 e. The summed E-state index contributed by atoms with van der Waals surface area (Å²) in [6, 6.07) is 12.6. The molecule has 17 rings (SSSR count). The van der Waals surface area contributed by atoms with Gasteiger partial charge in [-0.05, 0) is 121 Å². The van der Waals surface area contributed by atoms with E-state index < -0.39 is 71.4 Å². The molecule has 0 aliphatic carbocycles. The van der Waals surface area contributed by atoms with Crippen molar-refractivity contribution in [3.8, 4) is 0 Å². The molecule has 24 nitrogen and oxygen atoms in total. The summed E-state index contributed by atoms with van der Waals surface area (Å²) >= 11 is 0. The van der Waals surface area contributed by atoms with Crippen LogP contribution in [-0.2, 0) is 26.2 Å². The molecule has 0 radical (unpaired) electrons. The number of benzene rings is 4. The fraction of sp³-hybridized carbons (Fsp3) is 0.481. The minimum Gasteiger partial charge on any atom is -0.293 e. The maximum absolute atomic E-state index is 15.5. The number of amides is 16. The Hall–Kier alpha value is -8.44. The molecule has 13 aliphatic rings. The van der Waals surface area contributed by atoms with Gasteiger partial charge < -0.3 is 0 Å². The first-order valence-corrected chi connectivity index (χ1v) is 26.9. The second kappa shape index (κ2) is 13.3. The molecule has 78 heavy (non-hydrogen) atoms. The van der Waals surface area contributed by atoms with Crippen LogP contribution in [0.5, 0.6) is 0 Å². The Morgan fingerprint density at radius 1 is 0.295 bits per heavy atom. The first kappa shape index (κ1) is 44.7. The third kappa shape index (κ3) is 4.31.